The van der Waals surface area contributed by atoms with Gasteiger partial charge >= 0.3 is 5.97 Å². The van der Waals surface area contributed by atoms with E-state index in [-0.39, 0.29) is 12.0 Å². The number of nitrogens with one attached hydrogen (secondary N) is 1. The molecule has 1 N–H and O–H groups in total. The summed E-state index contributed by atoms with van der Waals surface area (Å²) in [6.07, 6.45) is 6.12. The summed E-state index contributed by atoms with van der Waals surface area (Å²) >= 11 is 0. The predicted octanol–water partition coefficient (Wildman–Crippen LogP) is 1.79. The molecule has 0 radical (unpaired) electrons. The van der Waals surface area contributed by atoms with Gasteiger partial charge in [-0.2, -0.15) is 0 Å². The van der Waals surface area contributed by atoms with Crippen molar-refractivity contribution in [2.24, 2.45) is 0 Å². The molecule has 0 aliphatic carbocycles. The maximum Gasteiger partial charge on any atom is 0.322 e. The van der Waals surface area contributed by atoms with E-state index in [9.17, 15) is 4.79 Å². The zero-order valence-corrected chi connectivity index (χ0v) is 12.1. The van der Waals surface area contributed by atoms with Gasteiger partial charge in [0.15, 0.2) is 0 Å². The standard InChI is InChI=1S/C14H28N2O2/c1-12(2)15-13(14(17)18-3)8-11-16-9-6-4-5-7-10-16/h12-13,15H,4-11H2,1-3H3. The lowest BCUT2D eigenvalue weighted by molar-refractivity contribution is -0.143. The Morgan fingerprint density at radius 3 is 2.33 bits per heavy atom. The van der Waals surface area contributed by atoms with Crippen LogP contribution in [-0.4, -0.2) is 49.7 Å². The van der Waals surface area contributed by atoms with Crippen LogP contribution in [-0.2, 0) is 9.53 Å². The van der Waals surface area contributed by atoms with Gasteiger partial charge in [0.05, 0.1) is 7.11 Å². The number of carbonyl (C=O) groups excluding carboxylic acids is 1. The van der Waals surface area contributed by atoms with E-state index < -0.39 is 0 Å². The average molecular weight is 256 g/mol. The minimum Gasteiger partial charge on any atom is -0.468 e. The maximum atomic E-state index is 11.7. The number of carbonyl (C=O) groups is 1. The normalized spacial score (nSPS) is 19.6. The second kappa shape index (κ2) is 8.48. The minimum atomic E-state index is -0.168. The molecule has 0 bridgehead atoms. The molecule has 1 atom stereocenters. The number of nitrogens with zero attached hydrogens (tertiary/aromatic N) is 1. The molecular formula is C14H28N2O2. The van der Waals surface area contributed by atoms with Gasteiger partial charge in [-0.05, 0) is 32.4 Å². The number of hydrogen-bond donors (Lipinski definition) is 1. The molecule has 1 aliphatic rings. The number of hydrogen-bond acceptors (Lipinski definition) is 4. The first-order valence-electron chi connectivity index (χ1n) is 7.19. The van der Waals surface area contributed by atoms with Gasteiger partial charge in [-0.25, -0.2) is 0 Å². The molecule has 1 rings (SSSR count). The molecule has 1 heterocycles. The van der Waals surface area contributed by atoms with Crippen LogP contribution >= 0.6 is 0 Å². The lowest BCUT2D eigenvalue weighted by Crippen LogP contribution is -2.44. The summed E-state index contributed by atoms with van der Waals surface area (Å²) in [4.78, 5) is 14.2. The highest BCUT2D eigenvalue weighted by molar-refractivity contribution is 5.75. The average Bonchev–Trinajstić information content (AvgIpc) is 2.61. The zero-order chi connectivity index (χ0) is 13.4. The molecule has 0 spiro atoms. The largest absolute Gasteiger partial charge is 0.468 e. The molecule has 0 aromatic carbocycles. The minimum absolute atomic E-state index is 0.140. The van der Waals surface area contributed by atoms with Crippen LogP contribution in [0, 0.1) is 0 Å². The first-order valence-corrected chi connectivity index (χ1v) is 7.19. The van der Waals surface area contributed by atoms with E-state index in [1.54, 1.807) is 0 Å². The van der Waals surface area contributed by atoms with Gasteiger partial charge in [-0.15, -0.1) is 0 Å². The second-order valence-corrected chi connectivity index (χ2v) is 5.44. The molecular weight excluding hydrogens is 228 g/mol. The van der Waals surface area contributed by atoms with E-state index in [0.717, 1.165) is 13.0 Å². The van der Waals surface area contributed by atoms with Crippen LogP contribution in [0.15, 0.2) is 0 Å². The lowest BCUT2D eigenvalue weighted by Gasteiger charge is -2.24. The van der Waals surface area contributed by atoms with Crippen molar-refractivity contribution in [2.45, 2.75) is 58.0 Å². The van der Waals surface area contributed by atoms with Crippen molar-refractivity contribution in [1.29, 1.82) is 0 Å². The van der Waals surface area contributed by atoms with Crippen molar-refractivity contribution in [3.8, 4) is 0 Å². The smallest absolute Gasteiger partial charge is 0.322 e. The first-order chi connectivity index (χ1) is 8.63. The summed E-state index contributed by atoms with van der Waals surface area (Å²) in [6.45, 7) is 7.45. The lowest BCUT2D eigenvalue weighted by atomic mass is 10.1. The Hall–Kier alpha value is -0.610. The Balaban J connectivity index is 2.37. The first kappa shape index (κ1) is 15.4. The molecule has 4 heteroatoms. The van der Waals surface area contributed by atoms with Crippen molar-refractivity contribution in [2.75, 3.05) is 26.7 Å². The van der Waals surface area contributed by atoms with E-state index in [1.165, 1.54) is 45.9 Å². The Bertz CT molecular complexity index is 236. The van der Waals surface area contributed by atoms with Crippen molar-refractivity contribution >= 4 is 5.97 Å². The fraction of sp³-hybridized carbons (Fsp3) is 0.929. The molecule has 1 saturated heterocycles. The van der Waals surface area contributed by atoms with Crippen LogP contribution in [0.2, 0.25) is 0 Å². The van der Waals surface area contributed by atoms with Gasteiger partial charge in [0.2, 0.25) is 0 Å². The zero-order valence-electron chi connectivity index (χ0n) is 12.1. The second-order valence-electron chi connectivity index (χ2n) is 5.44. The highest BCUT2D eigenvalue weighted by Gasteiger charge is 2.21. The van der Waals surface area contributed by atoms with E-state index >= 15 is 0 Å². The van der Waals surface area contributed by atoms with Gasteiger partial charge in [0.1, 0.15) is 6.04 Å². The summed E-state index contributed by atoms with van der Waals surface area (Å²) in [6, 6.07) is 0.136. The molecule has 0 aromatic heterocycles. The fourth-order valence-corrected chi connectivity index (χ4v) is 2.49. The van der Waals surface area contributed by atoms with Gasteiger partial charge in [-0.1, -0.05) is 26.7 Å². The Kier molecular flexibility index (Phi) is 7.28. The monoisotopic (exact) mass is 256 g/mol. The number of likely N-dealkylation sites (tertiary alicyclic amines) is 1. The summed E-state index contributed by atoms with van der Waals surface area (Å²) in [5, 5.41) is 3.28. The maximum absolute atomic E-state index is 11.7. The molecule has 1 unspecified atom stereocenters. The van der Waals surface area contributed by atoms with Crippen LogP contribution < -0.4 is 5.32 Å². The van der Waals surface area contributed by atoms with Crippen molar-refractivity contribution < 1.29 is 9.53 Å². The number of methoxy groups -OCH3 is 1. The molecule has 4 nitrogen and oxygen atoms in total. The predicted molar refractivity (Wildman–Crippen MR) is 73.6 cm³/mol. The van der Waals surface area contributed by atoms with E-state index in [1.807, 2.05) is 0 Å². The van der Waals surface area contributed by atoms with Crippen LogP contribution in [0.5, 0.6) is 0 Å². The molecule has 1 fully saturated rings. The summed E-state index contributed by atoms with van der Waals surface area (Å²) in [5.41, 5.74) is 0. The van der Waals surface area contributed by atoms with E-state index in [2.05, 4.69) is 24.1 Å². The van der Waals surface area contributed by atoms with Gasteiger partial charge in [-0.3, -0.25) is 4.79 Å². The van der Waals surface area contributed by atoms with E-state index in [4.69, 9.17) is 4.74 Å². The summed E-state index contributed by atoms with van der Waals surface area (Å²) < 4.78 is 4.86. The summed E-state index contributed by atoms with van der Waals surface area (Å²) in [5.74, 6) is -0.140. The molecule has 0 saturated carbocycles. The van der Waals surface area contributed by atoms with Gasteiger partial charge in [0, 0.05) is 12.6 Å². The van der Waals surface area contributed by atoms with E-state index in [0.29, 0.717) is 6.04 Å². The molecule has 1 aliphatic heterocycles. The van der Waals surface area contributed by atoms with Crippen LogP contribution in [0.1, 0.15) is 46.0 Å². The Labute approximate surface area is 111 Å². The topological polar surface area (TPSA) is 41.6 Å². The van der Waals surface area contributed by atoms with Crippen LogP contribution in [0.25, 0.3) is 0 Å². The number of rotatable bonds is 6. The van der Waals surface area contributed by atoms with Crippen LogP contribution in [0.4, 0.5) is 0 Å². The van der Waals surface area contributed by atoms with Crippen molar-refractivity contribution in [1.82, 2.24) is 10.2 Å². The van der Waals surface area contributed by atoms with Gasteiger partial charge < -0.3 is 15.0 Å². The molecule has 0 amide bonds. The third kappa shape index (κ3) is 5.83. The third-order valence-electron chi connectivity index (χ3n) is 3.45. The SMILES string of the molecule is COC(=O)C(CCN1CCCCCC1)NC(C)C. The highest BCUT2D eigenvalue weighted by atomic mass is 16.5. The molecule has 18 heavy (non-hydrogen) atoms. The fourth-order valence-electron chi connectivity index (χ4n) is 2.49. The number of esters is 1. The van der Waals surface area contributed by atoms with Crippen molar-refractivity contribution in [3.05, 3.63) is 0 Å². The Morgan fingerprint density at radius 2 is 1.83 bits per heavy atom. The Morgan fingerprint density at radius 1 is 1.22 bits per heavy atom. The quantitative estimate of drug-likeness (QED) is 0.736. The summed E-state index contributed by atoms with van der Waals surface area (Å²) in [7, 11) is 1.46. The number of ether oxygens (including phenoxy) is 1. The van der Waals surface area contributed by atoms with Crippen molar-refractivity contribution in [3.63, 3.8) is 0 Å². The van der Waals surface area contributed by atoms with Gasteiger partial charge in [0.25, 0.3) is 0 Å². The molecule has 106 valence electrons. The van der Waals surface area contributed by atoms with Crippen LogP contribution in [0.3, 0.4) is 0 Å². The third-order valence-corrected chi connectivity index (χ3v) is 3.45. The highest BCUT2D eigenvalue weighted by Crippen LogP contribution is 2.10. The molecule has 0 aromatic rings.